The SMILES string of the molecule is Cc1cc(Cl)ccc1NC(=O)CCCN(c1cccc(Cl)c1C)S(C)(=O)=O. The molecule has 1 amide bonds. The summed E-state index contributed by atoms with van der Waals surface area (Å²) in [6.07, 6.45) is 1.70. The quantitative estimate of drug-likeness (QED) is 0.688. The van der Waals surface area contributed by atoms with Crippen molar-refractivity contribution in [3.63, 3.8) is 0 Å². The van der Waals surface area contributed by atoms with Crippen LogP contribution in [0.25, 0.3) is 0 Å². The van der Waals surface area contributed by atoms with Crippen LogP contribution in [-0.4, -0.2) is 27.1 Å². The van der Waals surface area contributed by atoms with Crippen LogP contribution in [0.2, 0.25) is 10.0 Å². The van der Waals surface area contributed by atoms with E-state index in [4.69, 9.17) is 23.2 Å². The smallest absolute Gasteiger partial charge is 0.232 e. The Labute approximate surface area is 170 Å². The second-order valence-corrected chi connectivity index (χ2v) is 9.08. The summed E-state index contributed by atoms with van der Waals surface area (Å²) in [6, 6.07) is 10.3. The molecule has 0 heterocycles. The molecule has 0 fully saturated rings. The Morgan fingerprint density at radius 1 is 1.15 bits per heavy atom. The minimum Gasteiger partial charge on any atom is -0.326 e. The van der Waals surface area contributed by atoms with E-state index in [0.717, 1.165) is 11.8 Å². The van der Waals surface area contributed by atoms with Gasteiger partial charge in [0, 0.05) is 28.7 Å². The normalized spacial score (nSPS) is 11.3. The van der Waals surface area contributed by atoms with E-state index >= 15 is 0 Å². The highest BCUT2D eigenvalue weighted by Gasteiger charge is 2.20. The Kier molecular flexibility index (Phi) is 7.14. The summed E-state index contributed by atoms with van der Waals surface area (Å²) in [4.78, 5) is 12.2. The number of nitrogens with zero attached hydrogens (tertiary/aromatic N) is 1. The molecule has 146 valence electrons. The van der Waals surface area contributed by atoms with Crippen LogP contribution in [0.15, 0.2) is 36.4 Å². The van der Waals surface area contributed by atoms with Gasteiger partial charge in [-0.1, -0.05) is 29.3 Å². The van der Waals surface area contributed by atoms with Crippen molar-refractivity contribution in [1.82, 2.24) is 0 Å². The highest BCUT2D eigenvalue weighted by Crippen LogP contribution is 2.28. The van der Waals surface area contributed by atoms with Crippen molar-refractivity contribution in [3.8, 4) is 0 Å². The molecule has 0 saturated carbocycles. The van der Waals surface area contributed by atoms with E-state index in [0.29, 0.717) is 33.4 Å². The maximum absolute atomic E-state index is 12.2. The summed E-state index contributed by atoms with van der Waals surface area (Å²) in [5.41, 5.74) is 2.77. The molecule has 0 atom stereocenters. The fourth-order valence-electron chi connectivity index (χ4n) is 2.69. The minimum absolute atomic E-state index is 0.184. The molecule has 5 nitrogen and oxygen atoms in total. The number of sulfonamides is 1. The first-order valence-corrected chi connectivity index (χ1v) is 11.0. The molecular weight excluding hydrogens is 407 g/mol. The van der Waals surface area contributed by atoms with Gasteiger partial charge in [0.2, 0.25) is 15.9 Å². The first-order valence-electron chi connectivity index (χ1n) is 8.38. The van der Waals surface area contributed by atoms with Gasteiger partial charge in [-0.3, -0.25) is 9.10 Å². The number of benzene rings is 2. The molecule has 0 aliphatic carbocycles. The summed E-state index contributed by atoms with van der Waals surface area (Å²) >= 11 is 12.0. The Balaban J connectivity index is 2.03. The molecule has 0 bridgehead atoms. The van der Waals surface area contributed by atoms with Crippen LogP contribution < -0.4 is 9.62 Å². The molecule has 0 aliphatic heterocycles. The number of carbonyl (C=O) groups is 1. The first kappa shape index (κ1) is 21.5. The van der Waals surface area contributed by atoms with E-state index in [1.54, 1.807) is 43.3 Å². The average Bonchev–Trinajstić information content (AvgIpc) is 2.56. The van der Waals surface area contributed by atoms with E-state index in [1.165, 1.54) is 4.31 Å². The predicted octanol–water partition coefficient (Wildman–Crippen LogP) is 4.80. The van der Waals surface area contributed by atoms with Crippen molar-refractivity contribution < 1.29 is 13.2 Å². The van der Waals surface area contributed by atoms with Crippen LogP contribution >= 0.6 is 23.2 Å². The number of anilines is 2. The van der Waals surface area contributed by atoms with Crippen LogP contribution in [0.5, 0.6) is 0 Å². The molecule has 0 aliphatic rings. The highest BCUT2D eigenvalue weighted by molar-refractivity contribution is 7.92. The highest BCUT2D eigenvalue weighted by atomic mass is 35.5. The predicted molar refractivity (Wildman–Crippen MR) is 112 cm³/mol. The van der Waals surface area contributed by atoms with Crippen molar-refractivity contribution in [2.45, 2.75) is 26.7 Å². The van der Waals surface area contributed by atoms with E-state index in [2.05, 4.69) is 5.32 Å². The fourth-order valence-corrected chi connectivity index (χ4v) is 4.11. The summed E-state index contributed by atoms with van der Waals surface area (Å²) in [5.74, 6) is -0.184. The molecule has 0 spiro atoms. The Hall–Kier alpha value is -1.76. The van der Waals surface area contributed by atoms with Gasteiger partial charge in [-0.2, -0.15) is 0 Å². The third-order valence-electron chi connectivity index (χ3n) is 4.14. The third kappa shape index (κ3) is 5.86. The average molecular weight is 429 g/mol. The van der Waals surface area contributed by atoms with Gasteiger partial charge in [0.05, 0.1) is 11.9 Å². The zero-order valence-electron chi connectivity index (χ0n) is 15.4. The lowest BCUT2D eigenvalue weighted by Crippen LogP contribution is -2.32. The molecule has 27 heavy (non-hydrogen) atoms. The summed E-state index contributed by atoms with van der Waals surface area (Å²) < 4.78 is 25.7. The van der Waals surface area contributed by atoms with Crippen molar-refractivity contribution in [2.24, 2.45) is 0 Å². The van der Waals surface area contributed by atoms with Crippen molar-refractivity contribution in [1.29, 1.82) is 0 Å². The van der Waals surface area contributed by atoms with Crippen LogP contribution in [0.1, 0.15) is 24.0 Å². The van der Waals surface area contributed by atoms with Gasteiger partial charge in [0.15, 0.2) is 0 Å². The van der Waals surface area contributed by atoms with Gasteiger partial charge in [-0.05, 0) is 61.7 Å². The number of rotatable bonds is 7. The van der Waals surface area contributed by atoms with Crippen molar-refractivity contribution in [3.05, 3.63) is 57.6 Å². The van der Waals surface area contributed by atoms with Gasteiger partial charge in [0.25, 0.3) is 0 Å². The lowest BCUT2D eigenvalue weighted by atomic mass is 10.2. The van der Waals surface area contributed by atoms with Crippen LogP contribution in [0, 0.1) is 13.8 Å². The molecule has 0 saturated heterocycles. The number of carbonyl (C=O) groups excluding carboxylic acids is 1. The van der Waals surface area contributed by atoms with Gasteiger partial charge in [-0.15, -0.1) is 0 Å². The molecular formula is C19H22Cl2N2O3S. The number of hydrogen-bond donors (Lipinski definition) is 1. The van der Waals surface area contributed by atoms with Gasteiger partial charge in [0.1, 0.15) is 0 Å². The molecule has 8 heteroatoms. The molecule has 0 aromatic heterocycles. The minimum atomic E-state index is -3.50. The standard InChI is InChI=1S/C19H22Cl2N2O3S/c1-13-12-15(20)9-10-17(13)22-19(24)8-5-11-23(27(3,25)26)18-7-4-6-16(21)14(18)2/h4,6-7,9-10,12H,5,8,11H2,1-3H3,(H,22,24). The molecule has 2 aromatic rings. The molecule has 0 unspecified atom stereocenters. The number of aryl methyl sites for hydroxylation is 1. The molecule has 2 rings (SSSR count). The zero-order chi connectivity index (χ0) is 20.2. The lowest BCUT2D eigenvalue weighted by molar-refractivity contribution is -0.116. The Morgan fingerprint density at radius 2 is 1.85 bits per heavy atom. The van der Waals surface area contributed by atoms with Crippen LogP contribution in [0.4, 0.5) is 11.4 Å². The van der Waals surface area contributed by atoms with Gasteiger partial charge in [-0.25, -0.2) is 8.42 Å². The third-order valence-corrected chi connectivity index (χ3v) is 5.96. The first-order chi connectivity index (χ1) is 12.6. The summed E-state index contributed by atoms with van der Waals surface area (Å²) in [5, 5.41) is 3.92. The number of hydrogen-bond acceptors (Lipinski definition) is 3. The van der Waals surface area contributed by atoms with Crippen molar-refractivity contribution >= 4 is 50.5 Å². The van der Waals surface area contributed by atoms with E-state index in [-0.39, 0.29) is 18.9 Å². The van der Waals surface area contributed by atoms with Gasteiger partial charge >= 0.3 is 0 Å². The van der Waals surface area contributed by atoms with E-state index in [1.807, 2.05) is 6.92 Å². The maximum Gasteiger partial charge on any atom is 0.232 e. The van der Waals surface area contributed by atoms with E-state index < -0.39 is 10.0 Å². The maximum atomic E-state index is 12.2. The molecule has 0 radical (unpaired) electrons. The second-order valence-electron chi connectivity index (χ2n) is 6.33. The largest absolute Gasteiger partial charge is 0.326 e. The molecule has 1 N–H and O–H groups in total. The number of nitrogens with one attached hydrogen (secondary N) is 1. The monoisotopic (exact) mass is 428 g/mol. The Bertz CT molecular complexity index is 946. The van der Waals surface area contributed by atoms with Crippen LogP contribution in [0.3, 0.4) is 0 Å². The number of halogens is 2. The zero-order valence-corrected chi connectivity index (χ0v) is 17.7. The molecule has 2 aromatic carbocycles. The van der Waals surface area contributed by atoms with Crippen molar-refractivity contribution in [2.75, 3.05) is 22.4 Å². The van der Waals surface area contributed by atoms with Gasteiger partial charge < -0.3 is 5.32 Å². The second kappa shape index (κ2) is 8.95. The Morgan fingerprint density at radius 3 is 2.48 bits per heavy atom. The van der Waals surface area contributed by atoms with Crippen LogP contribution in [-0.2, 0) is 14.8 Å². The summed E-state index contributed by atoms with van der Waals surface area (Å²) in [7, 11) is -3.50. The van der Waals surface area contributed by atoms with E-state index in [9.17, 15) is 13.2 Å². The number of amides is 1. The topological polar surface area (TPSA) is 66.5 Å². The summed E-state index contributed by atoms with van der Waals surface area (Å²) in [6.45, 7) is 3.81. The lowest BCUT2D eigenvalue weighted by Gasteiger charge is -2.24. The fraction of sp³-hybridized carbons (Fsp3) is 0.316.